The molecule has 4 fully saturated rings. The van der Waals surface area contributed by atoms with Crippen molar-refractivity contribution in [2.24, 2.45) is 23.2 Å². The summed E-state index contributed by atoms with van der Waals surface area (Å²) >= 11 is 1.66. The van der Waals surface area contributed by atoms with Gasteiger partial charge in [0.25, 0.3) is 0 Å². The first kappa shape index (κ1) is 19.2. The van der Waals surface area contributed by atoms with E-state index in [-0.39, 0.29) is 17.2 Å². The van der Waals surface area contributed by atoms with Gasteiger partial charge in [0.2, 0.25) is 5.91 Å². The van der Waals surface area contributed by atoms with E-state index in [9.17, 15) is 4.79 Å². The Labute approximate surface area is 178 Å². The SMILES string of the molecule is CC(NC(=O)C(Sc1ccccc1)c1ccccc1)C12CC3CC(CC(C3)C1)C2. The molecule has 0 aromatic heterocycles. The predicted octanol–water partition coefficient (Wildman–Crippen LogP) is 6.24. The Morgan fingerprint density at radius 2 is 1.41 bits per heavy atom. The lowest BCUT2D eigenvalue weighted by Crippen LogP contribution is -2.56. The summed E-state index contributed by atoms with van der Waals surface area (Å²) in [5, 5.41) is 3.28. The number of carbonyl (C=O) groups excluding carboxylic acids is 1. The highest BCUT2D eigenvalue weighted by Crippen LogP contribution is 2.61. The fourth-order valence-electron chi connectivity index (χ4n) is 6.69. The standard InChI is InChI=1S/C26H31NOS/c1-18(26-15-19-12-20(16-26)14-21(13-19)17-26)27-25(28)24(22-8-4-2-5-9-22)29-23-10-6-3-7-11-23/h2-11,18-21,24H,12-17H2,1H3,(H,27,28). The average Bonchev–Trinajstić information content (AvgIpc) is 2.72. The van der Waals surface area contributed by atoms with Crippen LogP contribution in [0.15, 0.2) is 65.6 Å². The van der Waals surface area contributed by atoms with E-state index < -0.39 is 0 Å². The summed E-state index contributed by atoms with van der Waals surface area (Å²) in [5.74, 6) is 2.88. The van der Waals surface area contributed by atoms with Crippen LogP contribution in [-0.4, -0.2) is 11.9 Å². The molecule has 4 aliphatic carbocycles. The van der Waals surface area contributed by atoms with Crippen molar-refractivity contribution in [3.05, 3.63) is 66.2 Å². The summed E-state index contributed by atoms with van der Waals surface area (Å²) in [4.78, 5) is 14.7. The van der Waals surface area contributed by atoms with Gasteiger partial charge >= 0.3 is 0 Å². The highest BCUT2D eigenvalue weighted by molar-refractivity contribution is 8.00. The lowest BCUT2D eigenvalue weighted by Gasteiger charge is -2.59. The van der Waals surface area contributed by atoms with Crippen LogP contribution in [0.25, 0.3) is 0 Å². The van der Waals surface area contributed by atoms with E-state index in [1.807, 2.05) is 36.4 Å². The molecular weight excluding hydrogens is 374 g/mol. The maximum absolute atomic E-state index is 13.5. The monoisotopic (exact) mass is 405 g/mol. The number of benzene rings is 2. The Hall–Kier alpha value is -1.74. The van der Waals surface area contributed by atoms with Crippen LogP contribution in [0.3, 0.4) is 0 Å². The number of nitrogens with one attached hydrogen (secondary N) is 1. The maximum Gasteiger partial charge on any atom is 0.238 e. The molecular formula is C26H31NOS. The zero-order chi connectivity index (χ0) is 19.8. The Morgan fingerprint density at radius 3 is 1.97 bits per heavy atom. The fourth-order valence-corrected chi connectivity index (χ4v) is 7.74. The van der Waals surface area contributed by atoms with Crippen molar-refractivity contribution in [1.29, 1.82) is 0 Å². The minimum Gasteiger partial charge on any atom is -0.352 e. The van der Waals surface area contributed by atoms with Gasteiger partial charge in [-0.3, -0.25) is 4.79 Å². The van der Waals surface area contributed by atoms with Crippen LogP contribution < -0.4 is 5.32 Å². The summed E-state index contributed by atoms with van der Waals surface area (Å²) in [6.45, 7) is 2.28. The van der Waals surface area contributed by atoms with Gasteiger partial charge < -0.3 is 5.32 Å². The summed E-state index contributed by atoms with van der Waals surface area (Å²) in [6, 6.07) is 20.8. The van der Waals surface area contributed by atoms with Crippen molar-refractivity contribution < 1.29 is 4.79 Å². The Bertz CT molecular complexity index is 814. The predicted molar refractivity (Wildman–Crippen MR) is 120 cm³/mol. The van der Waals surface area contributed by atoms with Crippen molar-refractivity contribution >= 4 is 17.7 Å². The molecule has 1 N–H and O–H groups in total. The molecule has 152 valence electrons. The average molecular weight is 406 g/mol. The lowest BCUT2D eigenvalue weighted by molar-refractivity contribution is -0.125. The van der Waals surface area contributed by atoms with E-state index in [4.69, 9.17) is 0 Å². The summed E-state index contributed by atoms with van der Waals surface area (Å²) in [5.41, 5.74) is 1.42. The molecule has 4 aliphatic rings. The molecule has 0 spiro atoms. The topological polar surface area (TPSA) is 29.1 Å². The first-order valence-electron chi connectivity index (χ1n) is 11.2. The fraction of sp³-hybridized carbons (Fsp3) is 0.500. The van der Waals surface area contributed by atoms with Gasteiger partial charge in [0.05, 0.1) is 0 Å². The third-order valence-electron chi connectivity index (χ3n) is 7.70. The van der Waals surface area contributed by atoms with E-state index >= 15 is 0 Å². The van der Waals surface area contributed by atoms with Crippen LogP contribution in [0.2, 0.25) is 0 Å². The van der Waals surface area contributed by atoms with E-state index in [0.29, 0.717) is 5.41 Å². The van der Waals surface area contributed by atoms with E-state index in [0.717, 1.165) is 28.2 Å². The molecule has 3 heteroatoms. The molecule has 0 radical (unpaired) electrons. The van der Waals surface area contributed by atoms with E-state index in [1.165, 1.54) is 38.5 Å². The molecule has 2 unspecified atom stereocenters. The number of thioether (sulfide) groups is 1. The molecule has 2 aromatic rings. The third-order valence-corrected chi connectivity index (χ3v) is 8.97. The van der Waals surface area contributed by atoms with Crippen LogP contribution in [0.5, 0.6) is 0 Å². The van der Waals surface area contributed by atoms with Crippen molar-refractivity contribution in [2.45, 2.75) is 61.6 Å². The van der Waals surface area contributed by atoms with Gasteiger partial charge in [-0.15, -0.1) is 11.8 Å². The Kier molecular flexibility index (Phi) is 5.19. The number of rotatable bonds is 6. The zero-order valence-electron chi connectivity index (χ0n) is 17.2. The zero-order valence-corrected chi connectivity index (χ0v) is 18.0. The Balaban J connectivity index is 1.35. The minimum atomic E-state index is -0.213. The first-order chi connectivity index (χ1) is 14.1. The second-order valence-corrected chi connectivity index (χ2v) is 10.9. The van der Waals surface area contributed by atoms with Crippen molar-refractivity contribution in [3.63, 3.8) is 0 Å². The smallest absolute Gasteiger partial charge is 0.238 e. The summed E-state index contributed by atoms with van der Waals surface area (Å²) < 4.78 is 0. The highest BCUT2D eigenvalue weighted by atomic mass is 32.2. The second kappa shape index (κ2) is 7.83. The van der Waals surface area contributed by atoms with E-state index in [1.54, 1.807) is 11.8 Å². The molecule has 0 saturated heterocycles. The lowest BCUT2D eigenvalue weighted by atomic mass is 9.48. The normalized spacial score (nSPS) is 32.0. The molecule has 2 nitrogen and oxygen atoms in total. The summed E-state index contributed by atoms with van der Waals surface area (Å²) in [7, 11) is 0. The van der Waals surface area contributed by atoms with Gasteiger partial charge in [0.1, 0.15) is 5.25 Å². The molecule has 0 heterocycles. The molecule has 1 amide bonds. The van der Waals surface area contributed by atoms with Crippen molar-refractivity contribution in [2.75, 3.05) is 0 Å². The molecule has 2 aromatic carbocycles. The summed E-state index contributed by atoms with van der Waals surface area (Å²) in [6.07, 6.45) is 8.29. The number of hydrogen-bond acceptors (Lipinski definition) is 2. The maximum atomic E-state index is 13.5. The second-order valence-electron chi connectivity index (χ2n) is 9.73. The number of carbonyl (C=O) groups is 1. The van der Waals surface area contributed by atoms with Gasteiger partial charge in [-0.2, -0.15) is 0 Å². The van der Waals surface area contributed by atoms with Gasteiger partial charge in [-0.25, -0.2) is 0 Å². The molecule has 0 aliphatic heterocycles. The molecule has 29 heavy (non-hydrogen) atoms. The van der Waals surface area contributed by atoms with Crippen LogP contribution in [0, 0.1) is 23.2 Å². The van der Waals surface area contributed by atoms with Crippen molar-refractivity contribution in [3.8, 4) is 0 Å². The molecule has 4 bridgehead atoms. The third kappa shape index (κ3) is 3.86. The van der Waals surface area contributed by atoms with Crippen LogP contribution in [-0.2, 0) is 4.79 Å². The first-order valence-corrected chi connectivity index (χ1v) is 12.1. The molecule has 6 rings (SSSR count). The number of amides is 1. The van der Waals surface area contributed by atoms with Gasteiger partial charge in [0, 0.05) is 10.9 Å². The van der Waals surface area contributed by atoms with Gasteiger partial charge in [-0.1, -0.05) is 48.5 Å². The quantitative estimate of drug-likeness (QED) is 0.576. The minimum absolute atomic E-state index is 0.160. The molecule has 2 atom stereocenters. The number of hydrogen-bond donors (Lipinski definition) is 1. The van der Waals surface area contributed by atoms with Crippen LogP contribution in [0.1, 0.15) is 56.3 Å². The molecule has 4 saturated carbocycles. The Morgan fingerprint density at radius 1 is 0.897 bits per heavy atom. The van der Waals surface area contributed by atoms with Gasteiger partial charge in [0.15, 0.2) is 0 Å². The van der Waals surface area contributed by atoms with Crippen LogP contribution in [0.4, 0.5) is 0 Å². The van der Waals surface area contributed by atoms with E-state index in [2.05, 4.69) is 36.5 Å². The van der Waals surface area contributed by atoms with Crippen molar-refractivity contribution in [1.82, 2.24) is 5.32 Å². The highest BCUT2D eigenvalue weighted by Gasteiger charge is 2.53. The van der Waals surface area contributed by atoms with Crippen LogP contribution >= 0.6 is 11.8 Å². The largest absolute Gasteiger partial charge is 0.352 e. The van der Waals surface area contributed by atoms with Gasteiger partial charge in [-0.05, 0) is 86.3 Å².